The second kappa shape index (κ2) is 7.08. The highest BCUT2D eigenvalue weighted by Crippen LogP contribution is 2.22. The Balaban J connectivity index is 1.83. The highest BCUT2D eigenvalue weighted by atomic mass is 32.2. The van der Waals surface area contributed by atoms with E-state index in [-0.39, 0.29) is 5.91 Å². The van der Waals surface area contributed by atoms with E-state index in [2.05, 4.69) is 16.4 Å². The topological polar surface area (TPSA) is 65.8 Å². The van der Waals surface area contributed by atoms with Gasteiger partial charge in [0, 0.05) is 16.8 Å². The normalized spacial score (nSPS) is 10.0. The molecule has 102 valence electrons. The third-order valence-electron chi connectivity index (χ3n) is 2.45. The monoisotopic (exact) mass is 303 g/mol. The second-order valence-electron chi connectivity index (χ2n) is 4.12. The molecule has 2 rings (SSSR count). The largest absolute Gasteiger partial charge is 0.325 e. The number of nitriles is 1. The first kappa shape index (κ1) is 14.6. The van der Waals surface area contributed by atoms with Crippen LogP contribution in [0.4, 0.5) is 5.69 Å². The Kier molecular flexibility index (Phi) is 5.16. The van der Waals surface area contributed by atoms with Crippen LogP contribution in [0.25, 0.3) is 0 Å². The fourth-order valence-electron chi connectivity index (χ4n) is 1.52. The first-order valence-electron chi connectivity index (χ1n) is 5.98. The van der Waals surface area contributed by atoms with Crippen LogP contribution in [-0.4, -0.2) is 16.6 Å². The highest BCUT2D eigenvalue weighted by molar-refractivity contribution is 8.01. The van der Waals surface area contributed by atoms with Crippen molar-refractivity contribution in [3.05, 3.63) is 40.9 Å². The third kappa shape index (κ3) is 4.37. The number of aryl methyl sites for hydroxylation is 1. The molecule has 0 atom stereocenters. The maximum absolute atomic E-state index is 11.8. The van der Waals surface area contributed by atoms with Gasteiger partial charge in [0.15, 0.2) is 4.34 Å². The van der Waals surface area contributed by atoms with E-state index in [1.54, 1.807) is 11.3 Å². The van der Waals surface area contributed by atoms with Crippen LogP contribution < -0.4 is 5.32 Å². The van der Waals surface area contributed by atoms with Gasteiger partial charge in [-0.15, -0.1) is 11.3 Å². The van der Waals surface area contributed by atoms with Crippen molar-refractivity contribution in [2.75, 3.05) is 11.1 Å². The van der Waals surface area contributed by atoms with Crippen molar-refractivity contribution in [1.29, 1.82) is 5.26 Å². The van der Waals surface area contributed by atoms with E-state index in [0.29, 0.717) is 12.2 Å². The summed E-state index contributed by atoms with van der Waals surface area (Å²) in [6.45, 7) is 1.93. The molecule has 2 aromatic rings. The number of thioether (sulfide) groups is 1. The summed E-state index contributed by atoms with van der Waals surface area (Å²) in [4.78, 5) is 16.1. The smallest absolute Gasteiger partial charge is 0.234 e. The minimum Gasteiger partial charge on any atom is -0.325 e. The number of thiazole rings is 1. The molecule has 0 fully saturated rings. The van der Waals surface area contributed by atoms with Crippen LogP contribution in [0.15, 0.2) is 34.0 Å². The van der Waals surface area contributed by atoms with Gasteiger partial charge >= 0.3 is 0 Å². The zero-order chi connectivity index (χ0) is 14.4. The zero-order valence-electron chi connectivity index (χ0n) is 10.9. The SMILES string of the molecule is Cc1csc(SCC(=O)Nc2ccc(CC#N)cc2)n1. The molecule has 0 unspecified atom stereocenters. The number of benzene rings is 1. The fourth-order valence-corrected chi connectivity index (χ4v) is 3.17. The number of carbonyl (C=O) groups is 1. The maximum Gasteiger partial charge on any atom is 0.234 e. The average molecular weight is 303 g/mol. The van der Waals surface area contributed by atoms with E-state index >= 15 is 0 Å². The molecule has 0 aliphatic rings. The van der Waals surface area contributed by atoms with Crippen molar-refractivity contribution in [2.45, 2.75) is 17.7 Å². The van der Waals surface area contributed by atoms with Crippen molar-refractivity contribution in [2.24, 2.45) is 0 Å². The quantitative estimate of drug-likeness (QED) is 0.861. The Hall–Kier alpha value is -1.84. The van der Waals surface area contributed by atoms with Gasteiger partial charge in [-0.25, -0.2) is 4.98 Å². The average Bonchev–Trinajstić information content (AvgIpc) is 2.85. The molecule has 20 heavy (non-hydrogen) atoms. The molecule has 6 heteroatoms. The molecule has 0 aliphatic carbocycles. The van der Waals surface area contributed by atoms with Crippen LogP contribution >= 0.6 is 23.1 Å². The van der Waals surface area contributed by atoms with E-state index in [1.807, 2.05) is 36.6 Å². The summed E-state index contributed by atoms with van der Waals surface area (Å²) in [5.74, 6) is 0.281. The predicted molar refractivity (Wildman–Crippen MR) is 82.0 cm³/mol. The molecule has 0 bridgehead atoms. The molecule has 1 aromatic heterocycles. The Morgan fingerprint density at radius 3 is 2.80 bits per heavy atom. The summed E-state index contributed by atoms with van der Waals surface area (Å²) < 4.78 is 0.905. The lowest BCUT2D eigenvalue weighted by Gasteiger charge is -2.04. The molecule has 0 saturated heterocycles. The van der Waals surface area contributed by atoms with Gasteiger partial charge in [0.2, 0.25) is 5.91 Å². The number of aromatic nitrogens is 1. The van der Waals surface area contributed by atoms with E-state index < -0.39 is 0 Å². The van der Waals surface area contributed by atoms with Crippen LogP contribution in [-0.2, 0) is 11.2 Å². The number of nitrogens with one attached hydrogen (secondary N) is 1. The van der Waals surface area contributed by atoms with Gasteiger partial charge in [-0.3, -0.25) is 4.79 Å². The second-order valence-corrected chi connectivity index (χ2v) is 6.20. The Bertz CT molecular complexity index is 629. The summed E-state index contributed by atoms with van der Waals surface area (Å²) >= 11 is 2.98. The minimum atomic E-state index is -0.0594. The van der Waals surface area contributed by atoms with Gasteiger partial charge < -0.3 is 5.32 Å². The third-order valence-corrected chi connectivity index (χ3v) is 4.58. The summed E-state index contributed by atoms with van der Waals surface area (Å²) in [5, 5.41) is 13.4. The van der Waals surface area contributed by atoms with E-state index in [9.17, 15) is 4.79 Å². The maximum atomic E-state index is 11.8. The van der Waals surface area contributed by atoms with Gasteiger partial charge in [0.25, 0.3) is 0 Å². The summed E-state index contributed by atoms with van der Waals surface area (Å²) in [6, 6.07) is 9.39. The number of amides is 1. The van der Waals surface area contributed by atoms with Gasteiger partial charge in [-0.1, -0.05) is 23.9 Å². The van der Waals surface area contributed by atoms with Crippen LogP contribution in [0.5, 0.6) is 0 Å². The van der Waals surface area contributed by atoms with Gasteiger partial charge in [0.05, 0.1) is 18.2 Å². The highest BCUT2D eigenvalue weighted by Gasteiger charge is 2.06. The number of anilines is 1. The molecule has 0 aliphatic heterocycles. The summed E-state index contributed by atoms with van der Waals surface area (Å²) in [6.07, 6.45) is 0.382. The molecule has 0 radical (unpaired) electrons. The van der Waals surface area contributed by atoms with Crippen molar-refractivity contribution in [1.82, 2.24) is 4.98 Å². The molecule has 1 amide bonds. The van der Waals surface area contributed by atoms with Crippen LogP contribution in [0.3, 0.4) is 0 Å². The van der Waals surface area contributed by atoms with Gasteiger partial charge in [-0.2, -0.15) is 5.26 Å². The molecular formula is C14H13N3OS2. The Labute approximate surface area is 125 Å². The van der Waals surface area contributed by atoms with E-state index in [1.165, 1.54) is 11.8 Å². The molecular weight excluding hydrogens is 290 g/mol. The van der Waals surface area contributed by atoms with E-state index in [4.69, 9.17) is 5.26 Å². The summed E-state index contributed by atoms with van der Waals surface area (Å²) in [7, 11) is 0. The molecule has 0 saturated carbocycles. The first-order chi connectivity index (χ1) is 9.67. The number of rotatable bonds is 5. The number of nitrogens with zero attached hydrogens (tertiary/aromatic N) is 2. The fraction of sp³-hybridized carbons (Fsp3) is 0.214. The van der Waals surface area contributed by atoms with Gasteiger partial charge in [0.1, 0.15) is 0 Å². The predicted octanol–water partition coefficient (Wildman–Crippen LogP) is 3.25. The van der Waals surface area contributed by atoms with Crippen LogP contribution in [0.1, 0.15) is 11.3 Å². The lowest BCUT2D eigenvalue weighted by molar-refractivity contribution is -0.113. The number of carbonyl (C=O) groups excluding carboxylic acids is 1. The lowest BCUT2D eigenvalue weighted by Crippen LogP contribution is -2.13. The van der Waals surface area contributed by atoms with Crippen molar-refractivity contribution < 1.29 is 4.79 Å². The minimum absolute atomic E-state index is 0.0594. The van der Waals surface area contributed by atoms with Crippen molar-refractivity contribution in [3.8, 4) is 6.07 Å². The Morgan fingerprint density at radius 1 is 1.45 bits per heavy atom. The molecule has 1 aromatic carbocycles. The standard InChI is InChI=1S/C14H13N3OS2/c1-10-8-19-14(16-10)20-9-13(18)17-12-4-2-11(3-5-12)6-7-15/h2-5,8H,6,9H2,1H3,(H,17,18). The van der Waals surface area contributed by atoms with Crippen molar-refractivity contribution in [3.63, 3.8) is 0 Å². The molecule has 4 nitrogen and oxygen atoms in total. The number of hydrogen-bond donors (Lipinski definition) is 1. The summed E-state index contributed by atoms with van der Waals surface area (Å²) in [5.41, 5.74) is 2.66. The van der Waals surface area contributed by atoms with E-state index in [0.717, 1.165) is 21.3 Å². The molecule has 1 N–H and O–H groups in total. The Morgan fingerprint density at radius 2 is 2.20 bits per heavy atom. The zero-order valence-corrected chi connectivity index (χ0v) is 12.6. The molecule has 1 heterocycles. The van der Waals surface area contributed by atoms with Crippen molar-refractivity contribution >= 4 is 34.7 Å². The molecule has 0 spiro atoms. The van der Waals surface area contributed by atoms with Gasteiger partial charge in [-0.05, 0) is 24.6 Å². The first-order valence-corrected chi connectivity index (χ1v) is 7.84. The number of hydrogen-bond acceptors (Lipinski definition) is 5. The van der Waals surface area contributed by atoms with Crippen LogP contribution in [0.2, 0.25) is 0 Å². The van der Waals surface area contributed by atoms with Crippen LogP contribution in [0, 0.1) is 18.3 Å². The lowest BCUT2D eigenvalue weighted by atomic mass is 10.1.